The Morgan fingerprint density at radius 2 is 1.78 bits per heavy atom. The summed E-state index contributed by atoms with van der Waals surface area (Å²) in [7, 11) is 2.25. The normalized spacial score (nSPS) is 17.6. The Bertz CT molecular complexity index is 1070. The Labute approximate surface area is 206 Å². The molecule has 2 aliphatic heterocycles. The molecule has 0 spiro atoms. The molecule has 0 saturated carbocycles. The lowest BCUT2D eigenvalue weighted by atomic mass is 10.0. The van der Waals surface area contributed by atoms with Crippen molar-refractivity contribution in [3.63, 3.8) is 0 Å². The van der Waals surface area contributed by atoms with Gasteiger partial charge in [-0.2, -0.15) is 0 Å². The van der Waals surface area contributed by atoms with Gasteiger partial charge in [-0.3, -0.25) is 4.90 Å². The van der Waals surface area contributed by atoms with Crippen LogP contribution in [0.4, 0.5) is 16.4 Å². The van der Waals surface area contributed by atoms with E-state index in [-0.39, 0.29) is 24.8 Å². The van der Waals surface area contributed by atoms with E-state index in [1.165, 1.54) is 5.56 Å². The van der Waals surface area contributed by atoms with Gasteiger partial charge in [-0.25, -0.2) is 9.98 Å². The first-order valence-corrected chi connectivity index (χ1v) is 11.4. The number of para-hydroxylation sites is 2. The van der Waals surface area contributed by atoms with Gasteiger partial charge in [0, 0.05) is 25.7 Å². The number of hydrogen-bond donors (Lipinski definition) is 1. The topological polar surface area (TPSA) is 43.8 Å². The SMILES string of the molecule is Cc1nc2c(s1)Nc1ccccc1N=C2N1CCN(C)[C@@H](CCc2ccccc2)C1.Cl.Cl. The number of thiazole rings is 1. The van der Waals surface area contributed by atoms with Gasteiger partial charge in [0.15, 0.2) is 5.84 Å². The van der Waals surface area contributed by atoms with Gasteiger partial charge < -0.3 is 10.2 Å². The van der Waals surface area contributed by atoms with Gasteiger partial charge in [0.05, 0.1) is 16.4 Å². The van der Waals surface area contributed by atoms with E-state index in [0.29, 0.717) is 6.04 Å². The Kier molecular flexibility index (Phi) is 8.17. The van der Waals surface area contributed by atoms with Crippen molar-refractivity contribution in [3.8, 4) is 0 Å². The fraction of sp³-hybridized carbons (Fsp3) is 0.333. The number of benzene rings is 2. The molecule has 1 fully saturated rings. The van der Waals surface area contributed by atoms with Crippen molar-refractivity contribution < 1.29 is 0 Å². The highest BCUT2D eigenvalue weighted by molar-refractivity contribution is 7.16. The predicted octanol–water partition coefficient (Wildman–Crippen LogP) is 5.68. The highest BCUT2D eigenvalue weighted by Gasteiger charge is 2.30. The minimum absolute atomic E-state index is 0. The van der Waals surface area contributed by atoms with Gasteiger partial charge in [-0.15, -0.1) is 36.2 Å². The summed E-state index contributed by atoms with van der Waals surface area (Å²) in [5, 5.41) is 5.72. The van der Waals surface area contributed by atoms with Crippen LogP contribution in [0.3, 0.4) is 0 Å². The summed E-state index contributed by atoms with van der Waals surface area (Å²) < 4.78 is 0. The zero-order chi connectivity index (χ0) is 20.5. The first-order valence-electron chi connectivity index (χ1n) is 10.6. The Morgan fingerprint density at radius 3 is 2.59 bits per heavy atom. The molecule has 0 radical (unpaired) electrons. The average molecular weight is 491 g/mol. The highest BCUT2D eigenvalue weighted by atomic mass is 35.5. The maximum Gasteiger partial charge on any atom is 0.158 e. The van der Waals surface area contributed by atoms with Gasteiger partial charge in [-0.1, -0.05) is 42.5 Å². The summed E-state index contributed by atoms with van der Waals surface area (Å²) in [5.74, 6) is 1.00. The molecule has 1 N–H and O–H groups in total. The van der Waals surface area contributed by atoms with Crippen molar-refractivity contribution in [2.75, 3.05) is 32.0 Å². The lowest BCUT2D eigenvalue weighted by molar-refractivity contribution is 0.134. The summed E-state index contributed by atoms with van der Waals surface area (Å²) >= 11 is 1.70. The smallest absolute Gasteiger partial charge is 0.158 e. The van der Waals surface area contributed by atoms with Crippen molar-refractivity contribution in [2.45, 2.75) is 25.8 Å². The van der Waals surface area contributed by atoms with E-state index in [2.05, 4.69) is 77.6 Å². The second-order valence-electron chi connectivity index (χ2n) is 8.09. The van der Waals surface area contributed by atoms with Crippen molar-refractivity contribution in [1.29, 1.82) is 0 Å². The Hall–Kier alpha value is -2.12. The van der Waals surface area contributed by atoms with Crippen molar-refractivity contribution >= 4 is 58.4 Å². The van der Waals surface area contributed by atoms with Crippen molar-refractivity contribution in [3.05, 3.63) is 70.9 Å². The van der Waals surface area contributed by atoms with E-state index in [9.17, 15) is 0 Å². The maximum atomic E-state index is 5.10. The molecule has 5 rings (SSSR count). The molecule has 8 heteroatoms. The minimum Gasteiger partial charge on any atom is -0.352 e. The number of anilines is 2. The number of aliphatic imine (C=N–C) groups is 1. The molecule has 1 saturated heterocycles. The molecular weight excluding hydrogens is 461 g/mol. The van der Waals surface area contributed by atoms with Gasteiger partial charge in [0.2, 0.25) is 0 Å². The van der Waals surface area contributed by atoms with E-state index in [0.717, 1.165) is 65.4 Å². The van der Waals surface area contributed by atoms with Crippen LogP contribution in [0.25, 0.3) is 0 Å². The summed E-state index contributed by atoms with van der Waals surface area (Å²) in [4.78, 5) is 14.9. The van der Waals surface area contributed by atoms with E-state index in [4.69, 9.17) is 9.98 Å². The number of nitrogens with zero attached hydrogens (tertiary/aromatic N) is 4. The minimum atomic E-state index is 0. The Morgan fingerprint density at radius 1 is 1.03 bits per heavy atom. The number of rotatable bonds is 3. The number of hydrogen-bond acceptors (Lipinski definition) is 6. The summed E-state index contributed by atoms with van der Waals surface area (Å²) in [5.41, 5.74) is 4.42. The zero-order valence-electron chi connectivity index (χ0n) is 18.3. The zero-order valence-corrected chi connectivity index (χ0v) is 20.8. The largest absolute Gasteiger partial charge is 0.352 e. The maximum absolute atomic E-state index is 5.10. The van der Waals surface area contributed by atoms with Crippen LogP contribution in [0.2, 0.25) is 0 Å². The molecule has 3 aromatic rings. The van der Waals surface area contributed by atoms with Crippen LogP contribution in [0.15, 0.2) is 59.6 Å². The lowest BCUT2D eigenvalue weighted by Crippen LogP contribution is -2.53. The first-order chi connectivity index (χ1) is 14.7. The molecule has 2 aromatic carbocycles. The summed E-state index contributed by atoms with van der Waals surface area (Å²) in [6, 6.07) is 19.6. The average Bonchev–Trinajstić information content (AvgIpc) is 3.05. The van der Waals surface area contributed by atoms with Gasteiger partial charge in [-0.05, 0) is 44.5 Å². The Balaban J connectivity index is 0.00000144. The van der Waals surface area contributed by atoms with E-state index < -0.39 is 0 Å². The van der Waals surface area contributed by atoms with Crippen LogP contribution in [-0.4, -0.2) is 53.3 Å². The number of fused-ring (bicyclic) bond motifs is 2. The van der Waals surface area contributed by atoms with Gasteiger partial charge >= 0.3 is 0 Å². The number of nitrogens with one attached hydrogen (secondary N) is 1. The van der Waals surface area contributed by atoms with E-state index in [1.54, 1.807) is 11.3 Å². The highest BCUT2D eigenvalue weighted by Crippen LogP contribution is 2.37. The molecule has 32 heavy (non-hydrogen) atoms. The van der Waals surface area contributed by atoms with Crippen LogP contribution in [-0.2, 0) is 6.42 Å². The standard InChI is InChI=1S/C24H27N5S.2ClH/c1-17-25-22-23(26-20-10-6-7-11-21(20)27-24(22)30-17)29-15-14-28(2)19(16-29)13-12-18-8-4-3-5-9-18;;/h3-11,19,27H,12-16H2,1-2H3;2*1H/t19-;;/m0../s1. The number of halogens is 2. The molecule has 1 atom stereocenters. The summed E-state index contributed by atoms with van der Waals surface area (Å²) in [6.07, 6.45) is 2.24. The number of aromatic nitrogens is 1. The summed E-state index contributed by atoms with van der Waals surface area (Å²) in [6.45, 7) is 5.04. The second-order valence-corrected chi connectivity index (χ2v) is 9.30. The van der Waals surface area contributed by atoms with Crippen LogP contribution in [0.1, 0.15) is 22.7 Å². The monoisotopic (exact) mass is 489 g/mol. The van der Waals surface area contributed by atoms with Crippen LogP contribution < -0.4 is 5.32 Å². The molecule has 1 aromatic heterocycles. The van der Waals surface area contributed by atoms with E-state index >= 15 is 0 Å². The predicted molar refractivity (Wildman–Crippen MR) is 140 cm³/mol. The molecule has 0 amide bonds. The molecule has 0 unspecified atom stereocenters. The van der Waals surface area contributed by atoms with Crippen molar-refractivity contribution in [1.82, 2.24) is 14.8 Å². The van der Waals surface area contributed by atoms with Gasteiger partial charge in [0.25, 0.3) is 0 Å². The number of amidine groups is 1. The first kappa shape index (κ1) is 24.5. The number of piperazine rings is 1. The lowest BCUT2D eigenvalue weighted by Gasteiger charge is -2.40. The molecule has 3 heterocycles. The molecule has 0 aliphatic carbocycles. The number of aryl methyl sites for hydroxylation is 2. The third kappa shape index (κ3) is 5.09. The molecule has 170 valence electrons. The molecule has 2 aliphatic rings. The molecule has 5 nitrogen and oxygen atoms in total. The fourth-order valence-corrected chi connectivity index (χ4v) is 5.11. The van der Waals surface area contributed by atoms with Gasteiger partial charge in [0.1, 0.15) is 10.7 Å². The van der Waals surface area contributed by atoms with Crippen LogP contribution in [0.5, 0.6) is 0 Å². The fourth-order valence-electron chi connectivity index (χ4n) is 4.28. The van der Waals surface area contributed by atoms with E-state index in [1.807, 2.05) is 6.07 Å². The quantitative estimate of drug-likeness (QED) is 0.513. The molecular formula is C24H29Cl2N5S. The van der Waals surface area contributed by atoms with Crippen molar-refractivity contribution in [2.24, 2.45) is 4.99 Å². The number of likely N-dealkylation sites (N-methyl/N-ethyl adjacent to an activating group) is 1. The molecule has 0 bridgehead atoms. The van der Waals surface area contributed by atoms with Crippen LogP contribution in [0, 0.1) is 6.92 Å². The third-order valence-corrected chi connectivity index (χ3v) is 6.90. The second kappa shape index (κ2) is 10.7. The third-order valence-electron chi connectivity index (χ3n) is 6.01. The van der Waals surface area contributed by atoms with Crippen LogP contribution >= 0.6 is 36.2 Å².